The van der Waals surface area contributed by atoms with Gasteiger partial charge in [0.1, 0.15) is 11.5 Å². The van der Waals surface area contributed by atoms with Gasteiger partial charge in [0.15, 0.2) is 0 Å². The second-order valence-electron chi connectivity index (χ2n) is 5.07. The summed E-state index contributed by atoms with van der Waals surface area (Å²) in [6, 6.07) is 24.8. The fourth-order valence-corrected chi connectivity index (χ4v) is 5.39. The van der Waals surface area contributed by atoms with E-state index in [1.165, 1.54) is 19.6 Å². The van der Waals surface area contributed by atoms with E-state index in [2.05, 4.69) is 48.5 Å². The first-order valence-electron chi connectivity index (χ1n) is 7.68. The molecule has 3 rings (SSSR count). The number of ether oxygens (including phenoxy) is 2. The van der Waals surface area contributed by atoms with Gasteiger partial charge in [-0.25, -0.2) is 0 Å². The molecule has 0 saturated carbocycles. The number of methoxy groups -OCH3 is 2. The van der Waals surface area contributed by atoms with Crippen molar-refractivity contribution in [3.63, 3.8) is 0 Å². The molecule has 0 aliphatic carbocycles. The van der Waals surface area contributed by atoms with E-state index in [-0.39, 0.29) is 0 Å². The van der Waals surface area contributed by atoms with Crippen molar-refractivity contribution in [2.45, 2.75) is 19.6 Å². The molecule has 0 bridgehead atoms. The monoisotopic (exact) mass is 386 g/mol. The van der Waals surface area contributed by atoms with E-state index in [0.29, 0.717) is 0 Å². The topological polar surface area (TPSA) is 18.5 Å². The molecule has 0 radical (unpaired) electrons. The summed E-state index contributed by atoms with van der Waals surface area (Å²) in [5, 5.41) is 0. The predicted molar refractivity (Wildman–Crippen MR) is 108 cm³/mol. The summed E-state index contributed by atoms with van der Waals surface area (Å²) in [5.74, 6) is 1.76. The first-order valence-corrected chi connectivity index (χ1v) is 10.6. The largest absolute Gasteiger partial charge is 0.497 e. The van der Waals surface area contributed by atoms with Crippen molar-refractivity contribution < 1.29 is 9.47 Å². The molecule has 5 heteroatoms. The van der Waals surface area contributed by atoms with Crippen LogP contribution in [0.3, 0.4) is 0 Å². The minimum absolute atomic E-state index is 0.877. The SMILES string of the molecule is COc1ccc(SSc2ccccc2Sc2ccc(OC)cc2)cc1. The zero-order chi connectivity index (χ0) is 17.5. The second kappa shape index (κ2) is 9.13. The average Bonchev–Trinajstić information content (AvgIpc) is 2.68. The van der Waals surface area contributed by atoms with Gasteiger partial charge < -0.3 is 9.47 Å². The van der Waals surface area contributed by atoms with E-state index in [0.717, 1.165) is 11.5 Å². The van der Waals surface area contributed by atoms with Crippen LogP contribution in [0.5, 0.6) is 11.5 Å². The molecule has 0 aliphatic rings. The van der Waals surface area contributed by atoms with E-state index in [1.807, 2.05) is 24.3 Å². The molecule has 128 valence electrons. The Kier molecular flexibility index (Phi) is 6.62. The third-order valence-electron chi connectivity index (χ3n) is 3.42. The molecule has 0 heterocycles. The Hall–Kier alpha value is -1.69. The molecule has 0 unspecified atom stereocenters. The zero-order valence-electron chi connectivity index (χ0n) is 14.0. The lowest BCUT2D eigenvalue weighted by Crippen LogP contribution is -1.82. The normalized spacial score (nSPS) is 10.5. The van der Waals surface area contributed by atoms with Crippen LogP contribution in [0.15, 0.2) is 92.4 Å². The van der Waals surface area contributed by atoms with Crippen molar-refractivity contribution in [3.05, 3.63) is 72.8 Å². The first kappa shape index (κ1) is 18.1. The summed E-state index contributed by atoms with van der Waals surface area (Å²) in [7, 11) is 6.89. The molecule has 0 amide bonds. The highest BCUT2D eigenvalue weighted by molar-refractivity contribution is 8.76. The van der Waals surface area contributed by atoms with Crippen LogP contribution in [0, 0.1) is 0 Å². The molecular formula is C20H18O2S3. The number of rotatable bonds is 7. The van der Waals surface area contributed by atoms with Gasteiger partial charge in [0, 0.05) is 19.6 Å². The van der Waals surface area contributed by atoms with Gasteiger partial charge in [0.25, 0.3) is 0 Å². The fourth-order valence-electron chi connectivity index (χ4n) is 2.10. The molecule has 0 aliphatic heterocycles. The lowest BCUT2D eigenvalue weighted by molar-refractivity contribution is 0.414. The van der Waals surface area contributed by atoms with Crippen molar-refractivity contribution in [3.8, 4) is 11.5 Å². The van der Waals surface area contributed by atoms with Crippen molar-refractivity contribution in [1.29, 1.82) is 0 Å². The minimum Gasteiger partial charge on any atom is -0.497 e. The van der Waals surface area contributed by atoms with Crippen LogP contribution < -0.4 is 9.47 Å². The van der Waals surface area contributed by atoms with Gasteiger partial charge in [-0.2, -0.15) is 0 Å². The fraction of sp³-hybridized carbons (Fsp3) is 0.100. The van der Waals surface area contributed by atoms with E-state index in [9.17, 15) is 0 Å². The number of hydrogen-bond donors (Lipinski definition) is 0. The summed E-state index contributed by atoms with van der Waals surface area (Å²) in [6.45, 7) is 0. The molecule has 3 aromatic rings. The molecule has 3 aromatic carbocycles. The maximum absolute atomic E-state index is 5.22. The Morgan fingerprint density at radius 1 is 0.560 bits per heavy atom. The minimum atomic E-state index is 0.877. The highest BCUT2D eigenvalue weighted by Crippen LogP contribution is 2.43. The maximum Gasteiger partial charge on any atom is 0.118 e. The Morgan fingerprint density at radius 2 is 1.08 bits per heavy atom. The van der Waals surface area contributed by atoms with Crippen LogP contribution >= 0.6 is 33.3 Å². The van der Waals surface area contributed by atoms with Crippen LogP contribution in [-0.2, 0) is 0 Å². The molecule has 0 spiro atoms. The van der Waals surface area contributed by atoms with Crippen LogP contribution in [-0.4, -0.2) is 14.2 Å². The lowest BCUT2D eigenvalue weighted by Gasteiger charge is -2.09. The Morgan fingerprint density at radius 3 is 1.64 bits per heavy atom. The summed E-state index contributed by atoms with van der Waals surface area (Å²) < 4.78 is 10.4. The van der Waals surface area contributed by atoms with Crippen LogP contribution in [0.25, 0.3) is 0 Å². The van der Waals surface area contributed by atoms with Gasteiger partial charge in [0.2, 0.25) is 0 Å². The molecule has 0 fully saturated rings. The molecule has 2 nitrogen and oxygen atoms in total. The molecule has 0 aromatic heterocycles. The Labute approximate surface area is 160 Å². The zero-order valence-corrected chi connectivity index (χ0v) is 16.4. The summed E-state index contributed by atoms with van der Waals surface area (Å²) in [5.41, 5.74) is 0. The van der Waals surface area contributed by atoms with E-state index >= 15 is 0 Å². The van der Waals surface area contributed by atoms with Gasteiger partial charge in [0.05, 0.1) is 14.2 Å². The van der Waals surface area contributed by atoms with Gasteiger partial charge in [-0.05, 0) is 60.7 Å². The highest BCUT2D eigenvalue weighted by atomic mass is 33.1. The van der Waals surface area contributed by atoms with Crippen LogP contribution in [0.4, 0.5) is 0 Å². The van der Waals surface area contributed by atoms with Gasteiger partial charge in [-0.3, -0.25) is 0 Å². The first-order chi connectivity index (χ1) is 12.3. The summed E-state index contributed by atoms with van der Waals surface area (Å²) in [4.78, 5) is 4.90. The Balaban J connectivity index is 1.69. The standard InChI is InChI=1S/C20H18O2S3/c1-21-15-7-11-17(12-8-15)23-19-5-3-4-6-20(19)25-24-18-13-9-16(22-2)10-14-18/h3-14H,1-2H3. The lowest BCUT2D eigenvalue weighted by atomic mass is 10.3. The van der Waals surface area contributed by atoms with E-state index in [1.54, 1.807) is 47.6 Å². The van der Waals surface area contributed by atoms with Gasteiger partial charge >= 0.3 is 0 Å². The number of hydrogen-bond acceptors (Lipinski definition) is 5. The highest BCUT2D eigenvalue weighted by Gasteiger charge is 2.06. The van der Waals surface area contributed by atoms with E-state index < -0.39 is 0 Å². The molecule has 0 atom stereocenters. The van der Waals surface area contributed by atoms with E-state index in [4.69, 9.17) is 9.47 Å². The summed E-state index contributed by atoms with van der Waals surface area (Å²) >= 11 is 1.76. The second-order valence-corrected chi connectivity index (χ2v) is 8.43. The van der Waals surface area contributed by atoms with Crippen molar-refractivity contribution in [2.24, 2.45) is 0 Å². The quantitative estimate of drug-likeness (QED) is 0.422. The molecular weight excluding hydrogens is 368 g/mol. The third kappa shape index (κ3) is 5.14. The van der Waals surface area contributed by atoms with Gasteiger partial charge in [-0.1, -0.05) is 45.5 Å². The average molecular weight is 387 g/mol. The van der Waals surface area contributed by atoms with Crippen molar-refractivity contribution in [2.75, 3.05) is 14.2 Å². The molecule has 0 saturated heterocycles. The molecule has 25 heavy (non-hydrogen) atoms. The van der Waals surface area contributed by atoms with Crippen LogP contribution in [0.2, 0.25) is 0 Å². The predicted octanol–water partition coefficient (Wildman–Crippen LogP) is 6.65. The number of benzene rings is 3. The van der Waals surface area contributed by atoms with Crippen molar-refractivity contribution >= 4 is 33.3 Å². The summed E-state index contributed by atoms with van der Waals surface area (Å²) in [6.07, 6.45) is 0. The van der Waals surface area contributed by atoms with Crippen molar-refractivity contribution in [1.82, 2.24) is 0 Å². The Bertz CT molecular complexity index is 802. The van der Waals surface area contributed by atoms with Crippen LogP contribution in [0.1, 0.15) is 0 Å². The smallest absolute Gasteiger partial charge is 0.118 e. The third-order valence-corrected chi connectivity index (χ3v) is 7.09. The molecule has 0 N–H and O–H groups in total. The van der Waals surface area contributed by atoms with Gasteiger partial charge in [-0.15, -0.1) is 0 Å². The maximum atomic E-state index is 5.22.